The minimum atomic E-state index is -0.566. The van der Waals surface area contributed by atoms with Crippen LogP contribution in [0.5, 0.6) is 0 Å². The van der Waals surface area contributed by atoms with E-state index in [0.29, 0.717) is 25.6 Å². The molecule has 0 bridgehead atoms. The maximum atomic E-state index is 11.7. The lowest BCUT2D eigenvalue weighted by Gasteiger charge is -2.26. The smallest absolute Gasteiger partial charge is 0.215 e. The largest absolute Gasteiger partial charge is 0.380 e. The number of methoxy groups -OCH3 is 2. The van der Waals surface area contributed by atoms with E-state index in [1.54, 1.807) is 19.1 Å². The lowest BCUT2D eigenvalue weighted by molar-refractivity contribution is -0.107. The van der Waals surface area contributed by atoms with E-state index in [9.17, 15) is 4.79 Å². The summed E-state index contributed by atoms with van der Waals surface area (Å²) < 4.78 is 19.1. The molecular formula is C24H28N4O4. The van der Waals surface area contributed by atoms with Gasteiger partial charge in [-0.15, -0.1) is 0 Å². The third-order valence-corrected chi connectivity index (χ3v) is 6.47. The minimum Gasteiger partial charge on any atom is -0.380 e. The number of amides is 1. The highest BCUT2D eigenvalue weighted by Crippen LogP contribution is 2.35. The van der Waals surface area contributed by atoms with Gasteiger partial charge in [0.25, 0.3) is 0 Å². The van der Waals surface area contributed by atoms with Gasteiger partial charge in [-0.3, -0.25) is 9.69 Å². The summed E-state index contributed by atoms with van der Waals surface area (Å²) in [5, 5.41) is 1.03. The Morgan fingerprint density at radius 3 is 2.81 bits per heavy atom. The Morgan fingerprint density at radius 1 is 1.31 bits per heavy atom. The van der Waals surface area contributed by atoms with Gasteiger partial charge in [-0.2, -0.15) is 0 Å². The second-order valence-electron chi connectivity index (χ2n) is 8.64. The lowest BCUT2D eigenvalue weighted by Crippen LogP contribution is -2.30. The molecule has 32 heavy (non-hydrogen) atoms. The molecule has 1 amide bonds. The van der Waals surface area contributed by atoms with Crippen molar-refractivity contribution in [2.75, 3.05) is 32.3 Å². The van der Waals surface area contributed by atoms with Crippen LogP contribution in [-0.2, 0) is 31.2 Å². The zero-order valence-corrected chi connectivity index (χ0v) is 18.7. The fraction of sp³-hybridized carbons (Fsp3) is 0.458. The normalized spacial score (nSPS) is 20.7. The fourth-order valence-corrected chi connectivity index (χ4v) is 4.47. The molecule has 1 atom stereocenters. The topological polar surface area (TPSA) is 78.7 Å². The Balaban J connectivity index is 1.66. The van der Waals surface area contributed by atoms with Gasteiger partial charge in [-0.05, 0) is 43.0 Å². The van der Waals surface area contributed by atoms with E-state index in [4.69, 9.17) is 19.2 Å². The van der Waals surface area contributed by atoms with Crippen molar-refractivity contribution < 1.29 is 19.0 Å². The van der Waals surface area contributed by atoms with Crippen LogP contribution >= 0.6 is 0 Å². The van der Waals surface area contributed by atoms with Gasteiger partial charge < -0.3 is 18.8 Å². The molecule has 8 nitrogen and oxygen atoms in total. The van der Waals surface area contributed by atoms with Gasteiger partial charge in [-0.1, -0.05) is 0 Å². The lowest BCUT2D eigenvalue weighted by atomic mass is 9.96. The number of carbonyl (C=O) groups is 1. The molecule has 1 saturated carbocycles. The average Bonchev–Trinajstić information content (AvgIpc) is 3.41. The van der Waals surface area contributed by atoms with E-state index < -0.39 is 5.60 Å². The van der Waals surface area contributed by atoms with Crippen LogP contribution in [0.3, 0.4) is 0 Å². The number of aromatic nitrogens is 3. The summed E-state index contributed by atoms with van der Waals surface area (Å²) in [5.74, 6) is 1.44. The van der Waals surface area contributed by atoms with Crippen LogP contribution in [0.25, 0.3) is 16.7 Å². The monoisotopic (exact) mass is 436 g/mol. The number of aryl methyl sites for hydroxylation is 1. The molecule has 4 heterocycles. The molecule has 2 fully saturated rings. The SMILES string of the molecule is COCc1cc(-n2cc(C)c3cnc(N(C=O)C4CC4)cc32)nc(C2(OC)CCOC2)c1. The molecule has 2 aliphatic rings. The van der Waals surface area contributed by atoms with Crippen LogP contribution in [0.2, 0.25) is 0 Å². The third-order valence-electron chi connectivity index (χ3n) is 6.47. The second-order valence-corrected chi connectivity index (χ2v) is 8.64. The first-order valence-corrected chi connectivity index (χ1v) is 10.9. The van der Waals surface area contributed by atoms with Crippen molar-refractivity contribution in [3.63, 3.8) is 0 Å². The Labute approximate surface area is 187 Å². The molecule has 0 spiro atoms. The number of nitrogens with zero attached hydrogens (tertiary/aromatic N) is 4. The van der Waals surface area contributed by atoms with Crippen molar-refractivity contribution in [3.8, 4) is 5.82 Å². The molecule has 1 saturated heterocycles. The number of pyridine rings is 2. The summed E-state index contributed by atoms with van der Waals surface area (Å²) in [4.78, 5) is 23.0. The van der Waals surface area contributed by atoms with Crippen LogP contribution < -0.4 is 4.90 Å². The molecule has 168 valence electrons. The molecule has 0 radical (unpaired) electrons. The van der Waals surface area contributed by atoms with Crippen molar-refractivity contribution in [1.82, 2.24) is 14.5 Å². The van der Waals surface area contributed by atoms with E-state index >= 15 is 0 Å². The predicted molar refractivity (Wildman–Crippen MR) is 120 cm³/mol. The maximum absolute atomic E-state index is 11.7. The summed E-state index contributed by atoms with van der Waals surface area (Å²) in [5.41, 5.74) is 3.33. The van der Waals surface area contributed by atoms with E-state index in [2.05, 4.69) is 22.7 Å². The van der Waals surface area contributed by atoms with Crippen LogP contribution in [0, 0.1) is 6.92 Å². The standard InChI is InChI=1S/C24H28N4O4/c1-16-12-27(20-10-22(25-11-19(16)20)28(15-29)18-4-5-18)23-9-17(13-30-2)8-21(26-23)24(31-3)6-7-32-14-24/h8-12,15,18H,4-7,13-14H2,1-3H3. The quantitative estimate of drug-likeness (QED) is 0.505. The molecule has 1 aliphatic heterocycles. The van der Waals surface area contributed by atoms with Gasteiger partial charge in [0.05, 0.1) is 24.4 Å². The number of hydrogen-bond donors (Lipinski definition) is 0. The Morgan fingerprint density at radius 2 is 2.16 bits per heavy atom. The summed E-state index contributed by atoms with van der Waals surface area (Å²) in [6, 6.07) is 6.30. The van der Waals surface area contributed by atoms with Gasteiger partial charge in [0.1, 0.15) is 17.2 Å². The number of anilines is 1. The number of hydrogen-bond acceptors (Lipinski definition) is 6. The van der Waals surface area contributed by atoms with Crippen LogP contribution in [-0.4, -0.2) is 54.4 Å². The van der Waals surface area contributed by atoms with Crippen molar-refractivity contribution in [1.29, 1.82) is 0 Å². The first-order chi connectivity index (χ1) is 15.6. The fourth-order valence-electron chi connectivity index (χ4n) is 4.47. The Hall–Kier alpha value is -2.81. The number of ether oxygens (including phenoxy) is 3. The molecule has 3 aromatic heterocycles. The molecule has 1 aliphatic carbocycles. The van der Waals surface area contributed by atoms with Crippen LogP contribution in [0.1, 0.15) is 36.1 Å². The highest BCUT2D eigenvalue weighted by Gasteiger charge is 2.39. The second kappa shape index (κ2) is 8.27. The van der Waals surface area contributed by atoms with Crippen LogP contribution in [0.4, 0.5) is 5.82 Å². The Kier molecular flexibility index (Phi) is 5.44. The minimum absolute atomic E-state index is 0.251. The summed E-state index contributed by atoms with van der Waals surface area (Å²) in [7, 11) is 3.39. The third kappa shape index (κ3) is 3.58. The van der Waals surface area contributed by atoms with Gasteiger partial charge >= 0.3 is 0 Å². The van der Waals surface area contributed by atoms with E-state index in [1.165, 1.54) is 0 Å². The van der Waals surface area contributed by atoms with Gasteiger partial charge in [0, 0.05) is 57.1 Å². The van der Waals surface area contributed by atoms with Crippen molar-refractivity contribution in [2.24, 2.45) is 0 Å². The Bertz CT molecular complexity index is 1150. The average molecular weight is 437 g/mol. The number of rotatable bonds is 8. The zero-order valence-electron chi connectivity index (χ0n) is 18.7. The van der Waals surface area contributed by atoms with E-state index in [-0.39, 0.29) is 6.04 Å². The number of fused-ring (bicyclic) bond motifs is 1. The molecule has 5 rings (SSSR count). The molecule has 1 unspecified atom stereocenters. The van der Waals surface area contributed by atoms with Crippen molar-refractivity contribution in [2.45, 2.75) is 44.4 Å². The molecule has 8 heteroatoms. The summed E-state index contributed by atoms with van der Waals surface area (Å²) >= 11 is 0. The van der Waals surface area contributed by atoms with Gasteiger partial charge in [0.2, 0.25) is 6.41 Å². The number of carbonyl (C=O) groups excluding carboxylic acids is 1. The summed E-state index contributed by atoms with van der Waals surface area (Å²) in [6.07, 6.45) is 7.57. The molecule has 0 N–H and O–H groups in total. The van der Waals surface area contributed by atoms with E-state index in [0.717, 1.165) is 59.2 Å². The highest BCUT2D eigenvalue weighted by atomic mass is 16.5. The molecule has 3 aromatic rings. The highest BCUT2D eigenvalue weighted by molar-refractivity contribution is 5.88. The first-order valence-electron chi connectivity index (χ1n) is 10.9. The molecule has 0 aromatic carbocycles. The summed E-state index contributed by atoms with van der Waals surface area (Å²) in [6.45, 7) is 3.64. The molecular weight excluding hydrogens is 408 g/mol. The van der Waals surface area contributed by atoms with Crippen LogP contribution in [0.15, 0.2) is 30.6 Å². The van der Waals surface area contributed by atoms with Crippen molar-refractivity contribution >= 4 is 23.1 Å². The first kappa shape index (κ1) is 21.1. The van der Waals surface area contributed by atoms with Gasteiger partial charge in [-0.25, -0.2) is 9.97 Å². The zero-order chi connectivity index (χ0) is 22.3. The van der Waals surface area contributed by atoms with Gasteiger partial charge in [0.15, 0.2) is 0 Å². The maximum Gasteiger partial charge on any atom is 0.215 e. The van der Waals surface area contributed by atoms with E-state index in [1.807, 2.05) is 24.4 Å². The van der Waals surface area contributed by atoms with Crippen molar-refractivity contribution in [3.05, 3.63) is 47.4 Å². The predicted octanol–water partition coefficient (Wildman–Crippen LogP) is 3.26.